The Morgan fingerprint density at radius 1 is 0.900 bits per heavy atom. The first-order valence-corrected chi connectivity index (χ1v) is 13.3. The van der Waals surface area contributed by atoms with Crippen molar-refractivity contribution in [3.8, 4) is 0 Å². The molecule has 0 bridgehead atoms. The molecule has 0 amide bonds. The Kier molecular flexibility index (Phi) is 7.14. The molecule has 0 rings (SSSR count). The zero-order valence-corrected chi connectivity index (χ0v) is 15.4. The summed E-state index contributed by atoms with van der Waals surface area (Å²) in [6, 6.07) is 0. The monoisotopic (exact) mass is 319 g/mol. The van der Waals surface area contributed by atoms with E-state index in [9.17, 15) is 9.59 Å². The molecule has 116 valence electrons. The number of nitrogens with zero attached hydrogens (tertiary/aromatic N) is 1. The summed E-state index contributed by atoms with van der Waals surface area (Å²) in [4.78, 5) is 28.2. The van der Waals surface area contributed by atoms with Crippen molar-refractivity contribution in [2.75, 3.05) is 7.11 Å². The van der Waals surface area contributed by atoms with Crippen LogP contribution >= 0.6 is 0 Å². The Labute approximate surface area is 122 Å². The number of carbonyl (C=O) groups excluding carboxylic acids is 2. The van der Waals surface area contributed by atoms with Crippen molar-refractivity contribution in [2.45, 2.75) is 52.1 Å². The summed E-state index contributed by atoms with van der Waals surface area (Å²) < 4.78 is 10.6. The highest BCUT2D eigenvalue weighted by atomic mass is 28.4. The van der Waals surface area contributed by atoms with E-state index in [2.05, 4.69) is 9.99 Å². The third-order valence-corrected chi connectivity index (χ3v) is 3.46. The van der Waals surface area contributed by atoms with E-state index in [1.807, 2.05) is 39.3 Å². The molecule has 0 aromatic carbocycles. The van der Waals surface area contributed by atoms with Crippen LogP contribution in [0.15, 0.2) is 5.16 Å². The molecule has 0 N–H and O–H groups in total. The van der Waals surface area contributed by atoms with Crippen molar-refractivity contribution in [1.29, 1.82) is 0 Å². The lowest BCUT2D eigenvalue weighted by Gasteiger charge is -2.19. The smallest absolute Gasteiger partial charge is 0.342 e. The van der Waals surface area contributed by atoms with Gasteiger partial charge in [-0.05, 0) is 39.3 Å². The summed E-state index contributed by atoms with van der Waals surface area (Å²) in [5, 5.41) is 3.64. The molecule has 0 fully saturated rings. The van der Waals surface area contributed by atoms with E-state index in [1.165, 1.54) is 7.11 Å². The van der Waals surface area contributed by atoms with Crippen LogP contribution in [0, 0.1) is 0 Å². The Balaban J connectivity index is 4.55. The van der Waals surface area contributed by atoms with E-state index in [-0.39, 0.29) is 24.5 Å². The average Bonchev–Trinajstić information content (AvgIpc) is 2.18. The van der Waals surface area contributed by atoms with Crippen molar-refractivity contribution in [2.24, 2.45) is 5.16 Å². The Morgan fingerprint density at radius 3 is 1.80 bits per heavy atom. The highest BCUT2D eigenvalue weighted by Gasteiger charge is 2.25. The topological polar surface area (TPSA) is 74.2 Å². The van der Waals surface area contributed by atoms with Gasteiger partial charge in [-0.25, -0.2) is 4.79 Å². The molecule has 0 saturated carbocycles. The molecule has 0 atom stereocenters. The number of hydrogen-bond donors (Lipinski definition) is 0. The maximum absolute atomic E-state index is 11.9. The molecular formula is C12H25NO5Si2. The standard InChI is InChI=1S/C12H25NO5Si2/c1-16-13-10(12(15)18-20(5,6)7)8-9-11(14)17-19(2,3)4/h8-9H2,1-7H3. The highest BCUT2D eigenvalue weighted by Crippen LogP contribution is 2.09. The van der Waals surface area contributed by atoms with Gasteiger partial charge in [-0.1, -0.05) is 5.16 Å². The fourth-order valence-corrected chi connectivity index (χ4v) is 2.70. The predicted octanol–water partition coefficient (Wildman–Crippen LogP) is 2.53. The van der Waals surface area contributed by atoms with Crippen molar-refractivity contribution >= 4 is 34.3 Å². The van der Waals surface area contributed by atoms with E-state index in [0.29, 0.717) is 0 Å². The number of hydrogen-bond acceptors (Lipinski definition) is 6. The molecule has 0 aliphatic heterocycles. The van der Waals surface area contributed by atoms with Crippen LogP contribution in [0.4, 0.5) is 0 Å². The lowest BCUT2D eigenvalue weighted by molar-refractivity contribution is -0.134. The van der Waals surface area contributed by atoms with Crippen LogP contribution in [0.3, 0.4) is 0 Å². The van der Waals surface area contributed by atoms with Crippen molar-refractivity contribution in [1.82, 2.24) is 0 Å². The van der Waals surface area contributed by atoms with Crippen LogP contribution in [0.1, 0.15) is 12.8 Å². The summed E-state index contributed by atoms with van der Waals surface area (Å²) in [5.41, 5.74) is 0.113. The largest absolute Gasteiger partial charge is 0.520 e. The van der Waals surface area contributed by atoms with Crippen LogP contribution in [-0.4, -0.2) is 41.4 Å². The maximum Gasteiger partial charge on any atom is 0.342 e. The summed E-state index contributed by atoms with van der Waals surface area (Å²) >= 11 is 0. The molecule has 0 aliphatic carbocycles. The molecule has 0 heterocycles. The minimum absolute atomic E-state index is 0.0905. The number of rotatable bonds is 7. The first-order chi connectivity index (χ1) is 8.94. The molecule has 0 aromatic rings. The van der Waals surface area contributed by atoms with Gasteiger partial charge in [0.15, 0.2) is 5.71 Å². The minimum Gasteiger partial charge on any atom is -0.520 e. The minimum atomic E-state index is -2.00. The Morgan fingerprint density at radius 2 is 1.40 bits per heavy atom. The summed E-state index contributed by atoms with van der Waals surface area (Å²) in [5.74, 6) is -0.847. The number of oxime groups is 1. The average molecular weight is 320 g/mol. The van der Waals surface area contributed by atoms with Gasteiger partial charge in [0.2, 0.25) is 16.6 Å². The molecule has 0 saturated heterocycles. The summed E-state index contributed by atoms with van der Waals surface area (Å²) in [7, 11) is -2.56. The molecule has 0 aliphatic rings. The molecule has 8 heteroatoms. The zero-order valence-electron chi connectivity index (χ0n) is 13.4. The van der Waals surface area contributed by atoms with Gasteiger partial charge in [0.25, 0.3) is 5.97 Å². The maximum atomic E-state index is 11.9. The zero-order chi connectivity index (χ0) is 16.0. The van der Waals surface area contributed by atoms with Crippen molar-refractivity contribution in [3.63, 3.8) is 0 Å². The molecule has 6 nitrogen and oxygen atoms in total. The third kappa shape index (κ3) is 9.73. The molecule has 0 spiro atoms. The van der Waals surface area contributed by atoms with Gasteiger partial charge in [-0.15, -0.1) is 0 Å². The van der Waals surface area contributed by atoms with Gasteiger partial charge in [0, 0.05) is 6.42 Å². The first-order valence-electron chi connectivity index (χ1n) is 6.50. The fourth-order valence-electron chi connectivity index (χ4n) is 1.25. The summed E-state index contributed by atoms with van der Waals surface area (Å²) in [6.07, 6.45) is 0.244. The molecule has 0 unspecified atom stereocenters. The van der Waals surface area contributed by atoms with Crippen molar-refractivity contribution < 1.29 is 23.3 Å². The number of carbonyl (C=O) groups is 2. The van der Waals surface area contributed by atoms with Crippen LogP contribution in [0.5, 0.6) is 0 Å². The highest BCUT2D eigenvalue weighted by molar-refractivity contribution is 6.72. The van der Waals surface area contributed by atoms with E-state index in [0.717, 1.165) is 0 Å². The van der Waals surface area contributed by atoms with E-state index in [1.54, 1.807) is 0 Å². The van der Waals surface area contributed by atoms with Crippen LogP contribution < -0.4 is 0 Å². The van der Waals surface area contributed by atoms with Gasteiger partial charge >= 0.3 is 5.97 Å². The van der Waals surface area contributed by atoms with Crippen LogP contribution in [0.25, 0.3) is 0 Å². The predicted molar refractivity (Wildman–Crippen MR) is 82.6 cm³/mol. The first kappa shape index (κ1) is 18.8. The molecule has 0 radical (unpaired) electrons. The van der Waals surface area contributed by atoms with Crippen LogP contribution in [0.2, 0.25) is 39.3 Å². The molecular weight excluding hydrogens is 294 g/mol. The lowest BCUT2D eigenvalue weighted by atomic mass is 10.2. The quantitative estimate of drug-likeness (QED) is 0.409. The second-order valence-corrected chi connectivity index (χ2v) is 15.2. The van der Waals surface area contributed by atoms with E-state index < -0.39 is 22.6 Å². The van der Waals surface area contributed by atoms with Gasteiger partial charge in [-0.3, -0.25) is 4.79 Å². The normalized spacial score (nSPS) is 12.8. The van der Waals surface area contributed by atoms with Crippen molar-refractivity contribution in [3.05, 3.63) is 0 Å². The fraction of sp³-hybridized carbons (Fsp3) is 0.750. The second kappa shape index (κ2) is 7.58. The van der Waals surface area contributed by atoms with Gasteiger partial charge in [-0.2, -0.15) is 0 Å². The third-order valence-electron chi connectivity index (χ3n) is 1.82. The molecule has 0 aromatic heterocycles. The van der Waals surface area contributed by atoms with Gasteiger partial charge in [0.05, 0.1) is 6.42 Å². The van der Waals surface area contributed by atoms with Crippen LogP contribution in [-0.2, 0) is 23.3 Å². The second-order valence-electron chi connectivity index (χ2n) is 6.31. The van der Waals surface area contributed by atoms with E-state index in [4.69, 9.17) is 8.85 Å². The Hall–Kier alpha value is -1.16. The lowest BCUT2D eigenvalue weighted by Crippen LogP contribution is -2.34. The SMILES string of the molecule is CON=C(CCC(=O)O[Si](C)(C)C)C(=O)O[Si](C)(C)C. The van der Waals surface area contributed by atoms with Gasteiger partial charge < -0.3 is 13.7 Å². The van der Waals surface area contributed by atoms with Gasteiger partial charge in [0.1, 0.15) is 7.11 Å². The molecule has 20 heavy (non-hydrogen) atoms. The Bertz CT molecular complexity index is 382. The summed E-state index contributed by atoms with van der Waals surface area (Å²) in [6.45, 7) is 11.5. The van der Waals surface area contributed by atoms with E-state index >= 15 is 0 Å².